The van der Waals surface area contributed by atoms with Crippen molar-refractivity contribution < 1.29 is 19.5 Å². The van der Waals surface area contributed by atoms with Gasteiger partial charge in [-0.15, -0.1) is 11.5 Å². The summed E-state index contributed by atoms with van der Waals surface area (Å²) in [5.74, 6) is 0.932. The third kappa shape index (κ3) is 6.57. The Kier molecular flexibility index (Phi) is 7.37. The van der Waals surface area contributed by atoms with Gasteiger partial charge in [-0.05, 0) is 17.2 Å². The Balaban J connectivity index is 2.96. The first kappa shape index (κ1) is 22.4. The van der Waals surface area contributed by atoms with E-state index in [2.05, 4.69) is 56.0 Å². The maximum absolute atomic E-state index is 12.5. The summed E-state index contributed by atoms with van der Waals surface area (Å²) in [6.07, 6.45) is 0.0237. The highest BCUT2D eigenvalue weighted by Crippen LogP contribution is 2.35. The minimum atomic E-state index is -1.85. The third-order valence-electron chi connectivity index (χ3n) is 4.67. The Morgan fingerprint density at radius 1 is 1.19 bits per heavy atom. The summed E-state index contributed by atoms with van der Waals surface area (Å²) in [4.78, 5) is 35.3. The number of benzene rings is 1. The summed E-state index contributed by atoms with van der Waals surface area (Å²) in [5.41, 5.74) is 3.79. The number of carboxylic acid groups (broad SMARTS) is 1. The zero-order chi connectivity index (χ0) is 20.8. The Bertz CT molecular complexity index is 785. The van der Waals surface area contributed by atoms with Crippen LogP contribution in [0.25, 0.3) is 0 Å². The number of anilines is 1. The Morgan fingerprint density at radius 3 is 2.30 bits per heavy atom. The summed E-state index contributed by atoms with van der Waals surface area (Å²) in [6.45, 7) is 12.0. The van der Waals surface area contributed by atoms with Crippen molar-refractivity contribution in [1.29, 1.82) is 0 Å². The molecule has 7 heteroatoms. The first-order chi connectivity index (χ1) is 12.3. The van der Waals surface area contributed by atoms with Crippen LogP contribution in [0.3, 0.4) is 0 Å². The number of carboxylic acids is 1. The van der Waals surface area contributed by atoms with Crippen LogP contribution in [0.15, 0.2) is 24.3 Å². The third-order valence-corrected chi connectivity index (χ3v) is 9.22. The van der Waals surface area contributed by atoms with Crippen LogP contribution in [0.2, 0.25) is 18.1 Å². The van der Waals surface area contributed by atoms with E-state index in [1.54, 1.807) is 18.2 Å². The van der Waals surface area contributed by atoms with Crippen LogP contribution in [0.5, 0.6) is 0 Å². The fourth-order valence-electron chi connectivity index (χ4n) is 1.98. The summed E-state index contributed by atoms with van der Waals surface area (Å²) in [6, 6.07) is 5.32. The van der Waals surface area contributed by atoms with Gasteiger partial charge >= 0.3 is 5.97 Å². The molecule has 1 atom stereocenters. The average molecular weight is 389 g/mol. The SMILES string of the molecule is CC(=O)Nc1ccccc1C(=O)N[C@@H](CC#C[Si](C)(C)C(C)(C)C)C(=O)O. The number of hydrogen-bond donors (Lipinski definition) is 3. The predicted molar refractivity (Wildman–Crippen MR) is 109 cm³/mol. The summed E-state index contributed by atoms with van der Waals surface area (Å²) >= 11 is 0. The lowest BCUT2D eigenvalue weighted by Gasteiger charge is -2.31. The smallest absolute Gasteiger partial charge is 0.327 e. The molecule has 0 aromatic heterocycles. The van der Waals surface area contributed by atoms with Crippen molar-refractivity contribution in [3.8, 4) is 11.5 Å². The molecule has 6 nitrogen and oxygen atoms in total. The van der Waals surface area contributed by atoms with Gasteiger partial charge in [0.2, 0.25) is 5.91 Å². The van der Waals surface area contributed by atoms with Crippen molar-refractivity contribution in [3.63, 3.8) is 0 Å². The van der Waals surface area contributed by atoms with Crippen molar-refractivity contribution in [3.05, 3.63) is 29.8 Å². The van der Waals surface area contributed by atoms with Gasteiger partial charge < -0.3 is 15.7 Å². The summed E-state index contributed by atoms with van der Waals surface area (Å²) in [5, 5.41) is 14.6. The molecule has 2 amide bonds. The summed E-state index contributed by atoms with van der Waals surface area (Å²) < 4.78 is 0. The highest BCUT2D eigenvalue weighted by molar-refractivity contribution is 6.87. The van der Waals surface area contributed by atoms with Crippen molar-refractivity contribution in [2.75, 3.05) is 5.32 Å². The monoisotopic (exact) mass is 388 g/mol. The lowest BCUT2D eigenvalue weighted by atomic mass is 10.1. The number of carbonyl (C=O) groups is 3. The number of para-hydroxylation sites is 1. The average Bonchev–Trinajstić information content (AvgIpc) is 2.52. The Hall–Kier alpha value is -2.59. The standard InChI is InChI=1S/C20H28N2O4Si/c1-14(23)21-16-11-8-7-10-15(16)18(24)22-17(19(25)26)12-9-13-27(5,6)20(2,3)4/h7-8,10-11,17H,12H2,1-6H3,(H,21,23)(H,22,24)(H,25,26)/t17-/m0/s1. The highest BCUT2D eigenvalue weighted by atomic mass is 28.3. The Morgan fingerprint density at radius 2 is 1.78 bits per heavy atom. The molecule has 0 radical (unpaired) electrons. The van der Waals surface area contributed by atoms with Crippen LogP contribution in [-0.2, 0) is 9.59 Å². The predicted octanol–water partition coefficient (Wildman–Crippen LogP) is 3.27. The molecule has 146 valence electrons. The van der Waals surface area contributed by atoms with E-state index in [4.69, 9.17) is 0 Å². The van der Waals surface area contributed by atoms with Gasteiger partial charge in [-0.1, -0.05) is 46.0 Å². The summed E-state index contributed by atoms with van der Waals surface area (Å²) in [7, 11) is -1.85. The van der Waals surface area contributed by atoms with Gasteiger partial charge in [0.15, 0.2) is 0 Å². The number of carbonyl (C=O) groups excluding carboxylic acids is 2. The molecule has 27 heavy (non-hydrogen) atoms. The van der Waals surface area contributed by atoms with E-state index in [0.29, 0.717) is 5.69 Å². The molecule has 0 aliphatic rings. The number of aliphatic carboxylic acids is 1. The lowest BCUT2D eigenvalue weighted by Crippen LogP contribution is -2.41. The number of rotatable bonds is 5. The Labute approximate surface area is 161 Å². The van der Waals surface area contributed by atoms with E-state index in [-0.39, 0.29) is 22.9 Å². The second kappa shape index (κ2) is 8.87. The van der Waals surface area contributed by atoms with E-state index < -0.39 is 26.0 Å². The maximum atomic E-state index is 12.5. The molecule has 1 rings (SSSR count). The van der Waals surface area contributed by atoms with Crippen molar-refractivity contribution in [2.24, 2.45) is 0 Å². The highest BCUT2D eigenvalue weighted by Gasteiger charge is 2.33. The van der Waals surface area contributed by atoms with Crippen molar-refractivity contribution in [1.82, 2.24) is 5.32 Å². The second-order valence-corrected chi connectivity index (χ2v) is 13.0. The quantitative estimate of drug-likeness (QED) is 0.533. The van der Waals surface area contributed by atoms with E-state index >= 15 is 0 Å². The van der Waals surface area contributed by atoms with Crippen LogP contribution in [0, 0.1) is 11.5 Å². The van der Waals surface area contributed by atoms with E-state index in [9.17, 15) is 19.5 Å². The largest absolute Gasteiger partial charge is 0.480 e. The van der Waals surface area contributed by atoms with Crippen LogP contribution in [-0.4, -0.2) is 37.0 Å². The lowest BCUT2D eigenvalue weighted by molar-refractivity contribution is -0.139. The molecule has 0 spiro atoms. The van der Waals surface area contributed by atoms with E-state index in [0.717, 1.165) is 0 Å². The fraction of sp³-hybridized carbons (Fsp3) is 0.450. The molecule has 0 unspecified atom stereocenters. The molecule has 0 heterocycles. The van der Waals surface area contributed by atoms with Gasteiger partial charge in [-0.25, -0.2) is 4.79 Å². The first-order valence-corrected chi connectivity index (χ1v) is 11.8. The zero-order valence-electron chi connectivity index (χ0n) is 16.8. The molecule has 0 saturated carbocycles. The minimum Gasteiger partial charge on any atom is -0.480 e. The molecule has 0 bridgehead atoms. The molecular formula is C20H28N2O4Si. The van der Waals surface area contributed by atoms with Crippen LogP contribution < -0.4 is 10.6 Å². The molecule has 1 aromatic carbocycles. The van der Waals surface area contributed by atoms with E-state index in [1.807, 2.05) is 0 Å². The number of nitrogens with one attached hydrogen (secondary N) is 2. The molecular weight excluding hydrogens is 360 g/mol. The van der Waals surface area contributed by atoms with Gasteiger partial charge in [0.05, 0.1) is 11.3 Å². The van der Waals surface area contributed by atoms with Crippen molar-refractivity contribution >= 4 is 31.5 Å². The molecule has 0 saturated heterocycles. The first-order valence-electron chi connectivity index (χ1n) is 8.75. The maximum Gasteiger partial charge on any atom is 0.327 e. The number of hydrogen-bond acceptors (Lipinski definition) is 3. The van der Waals surface area contributed by atoms with Crippen molar-refractivity contribution in [2.45, 2.75) is 58.3 Å². The second-order valence-electron chi connectivity index (χ2n) is 7.97. The van der Waals surface area contributed by atoms with Crippen LogP contribution in [0.4, 0.5) is 5.69 Å². The van der Waals surface area contributed by atoms with Gasteiger partial charge in [0.25, 0.3) is 5.91 Å². The van der Waals surface area contributed by atoms with Crippen LogP contribution in [0.1, 0.15) is 44.5 Å². The van der Waals surface area contributed by atoms with Gasteiger partial charge in [0, 0.05) is 13.3 Å². The van der Waals surface area contributed by atoms with Gasteiger partial charge in [0.1, 0.15) is 14.1 Å². The molecule has 0 fully saturated rings. The minimum absolute atomic E-state index is 0.0237. The topological polar surface area (TPSA) is 95.5 Å². The fourth-order valence-corrected chi connectivity index (χ4v) is 2.90. The molecule has 3 N–H and O–H groups in total. The molecule has 0 aliphatic carbocycles. The molecule has 1 aromatic rings. The van der Waals surface area contributed by atoms with E-state index in [1.165, 1.54) is 13.0 Å². The normalized spacial score (nSPS) is 12.4. The number of amides is 2. The van der Waals surface area contributed by atoms with Gasteiger partial charge in [-0.3, -0.25) is 9.59 Å². The van der Waals surface area contributed by atoms with Crippen LogP contribution >= 0.6 is 0 Å². The van der Waals surface area contributed by atoms with Gasteiger partial charge in [-0.2, -0.15) is 0 Å². The molecule has 0 aliphatic heterocycles. The zero-order valence-corrected chi connectivity index (χ0v) is 17.8.